The van der Waals surface area contributed by atoms with Crippen LogP contribution < -0.4 is 11.1 Å². The third-order valence-electron chi connectivity index (χ3n) is 3.90. The Hall–Kier alpha value is -0.900. The summed E-state index contributed by atoms with van der Waals surface area (Å²) in [4.78, 5) is 23.0. The van der Waals surface area contributed by atoms with Crippen molar-refractivity contribution in [3.05, 3.63) is 0 Å². The van der Waals surface area contributed by atoms with Crippen LogP contribution in [0.15, 0.2) is 0 Å². The maximum Gasteiger partial charge on any atom is 0.234 e. The fourth-order valence-corrected chi connectivity index (χ4v) is 2.51. The second kappa shape index (κ2) is 1.80. The van der Waals surface area contributed by atoms with Gasteiger partial charge in [-0.05, 0) is 25.7 Å². The molecule has 0 unspecified atom stereocenters. The molecule has 0 atom stereocenters. The number of hydrogen-bond acceptors (Lipinski definition) is 3. The fourth-order valence-electron chi connectivity index (χ4n) is 2.51. The van der Waals surface area contributed by atoms with Crippen LogP contribution in [0.2, 0.25) is 0 Å². The van der Waals surface area contributed by atoms with E-state index in [1.165, 1.54) is 0 Å². The summed E-state index contributed by atoms with van der Waals surface area (Å²) in [7, 11) is 0. The van der Waals surface area contributed by atoms with Gasteiger partial charge in [-0.25, -0.2) is 0 Å². The number of rotatable bonds is 0. The number of nitrogens with one attached hydrogen (secondary N) is 1. The second-order valence-corrected chi connectivity index (χ2v) is 4.57. The summed E-state index contributed by atoms with van der Waals surface area (Å²) in [6, 6.07) is -0.221. The Morgan fingerprint density at radius 2 is 1.46 bits per heavy atom. The van der Waals surface area contributed by atoms with Gasteiger partial charge in [0.2, 0.25) is 11.8 Å². The van der Waals surface area contributed by atoms with Gasteiger partial charge in [-0.15, -0.1) is 0 Å². The maximum atomic E-state index is 11.5. The smallest absolute Gasteiger partial charge is 0.234 e. The van der Waals surface area contributed by atoms with Crippen LogP contribution in [0.4, 0.5) is 0 Å². The third-order valence-corrected chi connectivity index (χ3v) is 3.90. The molecule has 1 heterocycles. The van der Waals surface area contributed by atoms with Crippen molar-refractivity contribution in [3.8, 4) is 0 Å². The van der Waals surface area contributed by atoms with Crippen molar-refractivity contribution < 1.29 is 9.59 Å². The van der Waals surface area contributed by atoms with E-state index >= 15 is 0 Å². The quantitative estimate of drug-likeness (QED) is 0.495. The van der Waals surface area contributed by atoms with Crippen molar-refractivity contribution in [2.45, 2.75) is 31.7 Å². The topological polar surface area (TPSA) is 72.2 Å². The summed E-state index contributed by atoms with van der Waals surface area (Å²) >= 11 is 0. The van der Waals surface area contributed by atoms with Gasteiger partial charge in [-0.1, -0.05) is 0 Å². The molecule has 0 aromatic carbocycles. The minimum absolute atomic E-state index is 0.137. The molecule has 4 nitrogen and oxygen atoms in total. The van der Waals surface area contributed by atoms with E-state index in [2.05, 4.69) is 5.32 Å². The van der Waals surface area contributed by atoms with Crippen molar-refractivity contribution in [1.29, 1.82) is 0 Å². The average molecular weight is 180 g/mol. The third kappa shape index (κ3) is 0.668. The first-order valence-corrected chi connectivity index (χ1v) is 4.73. The Morgan fingerprint density at radius 3 is 1.77 bits per heavy atom. The maximum absolute atomic E-state index is 11.5. The molecule has 2 aliphatic carbocycles. The average Bonchev–Trinajstić information content (AvgIpc) is 2.98. The minimum atomic E-state index is -0.371. The van der Waals surface area contributed by atoms with Gasteiger partial charge in [0.25, 0.3) is 0 Å². The first kappa shape index (κ1) is 7.50. The van der Waals surface area contributed by atoms with E-state index in [-0.39, 0.29) is 28.7 Å². The highest BCUT2D eigenvalue weighted by Gasteiger charge is 2.70. The highest BCUT2D eigenvalue weighted by Crippen LogP contribution is 2.62. The summed E-state index contributed by atoms with van der Waals surface area (Å²) < 4.78 is 0. The van der Waals surface area contributed by atoms with E-state index in [1.807, 2.05) is 0 Å². The summed E-state index contributed by atoms with van der Waals surface area (Å²) in [6.45, 7) is 0. The minimum Gasteiger partial charge on any atom is -0.326 e. The van der Waals surface area contributed by atoms with Gasteiger partial charge in [0.1, 0.15) is 0 Å². The van der Waals surface area contributed by atoms with Crippen LogP contribution in [-0.2, 0) is 9.59 Å². The van der Waals surface area contributed by atoms with Gasteiger partial charge in [-0.3, -0.25) is 14.9 Å². The number of piperidine rings is 1. The molecule has 2 amide bonds. The molecule has 70 valence electrons. The molecule has 0 aromatic heterocycles. The monoisotopic (exact) mass is 180 g/mol. The number of carbonyl (C=O) groups is 2. The van der Waals surface area contributed by atoms with Crippen LogP contribution >= 0.6 is 0 Å². The van der Waals surface area contributed by atoms with Crippen molar-refractivity contribution in [1.82, 2.24) is 5.32 Å². The van der Waals surface area contributed by atoms with Gasteiger partial charge < -0.3 is 5.73 Å². The van der Waals surface area contributed by atoms with Crippen LogP contribution in [0.1, 0.15) is 25.7 Å². The lowest BCUT2D eigenvalue weighted by atomic mass is 9.79. The Kier molecular flexibility index (Phi) is 1.04. The van der Waals surface area contributed by atoms with Gasteiger partial charge in [-0.2, -0.15) is 0 Å². The Labute approximate surface area is 75.9 Å². The van der Waals surface area contributed by atoms with E-state index in [1.54, 1.807) is 0 Å². The van der Waals surface area contributed by atoms with Gasteiger partial charge in [0.05, 0.1) is 10.8 Å². The predicted octanol–water partition coefficient (Wildman–Crippen LogP) is -0.470. The lowest BCUT2D eigenvalue weighted by Crippen LogP contribution is -2.60. The summed E-state index contributed by atoms with van der Waals surface area (Å²) in [5.74, 6) is -0.273. The number of carbonyl (C=O) groups excluding carboxylic acids is 2. The van der Waals surface area contributed by atoms with Crippen LogP contribution in [0.3, 0.4) is 0 Å². The molecule has 4 heteroatoms. The molecular formula is C9H12N2O2. The van der Waals surface area contributed by atoms with Crippen molar-refractivity contribution in [2.75, 3.05) is 0 Å². The molecule has 3 fully saturated rings. The van der Waals surface area contributed by atoms with E-state index in [0.29, 0.717) is 0 Å². The number of imide groups is 1. The van der Waals surface area contributed by atoms with Crippen LogP contribution in [0.5, 0.6) is 0 Å². The van der Waals surface area contributed by atoms with E-state index in [4.69, 9.17) is 5.73 Å². The molecule has 3 N–H and O–H groups in total. The molecule has 3 aliphatic rings. The molecule has 1 aliphatic heterocycles. The molecular weight excluding hydrogens is 168 g/mol. The summed E-state index contributed by atoms with van der Waals surface area (Å²) in [5, 5.41) is 2.46. The molecule has 2 saturated carbocycles. The predicted molar refractivity (Wildman–Crippen MR) is 44.5 cm³/mol. The van der Waals surface area contributed by atoms with Crippen molar-refractivity contribution in [3.63, 3.8) is 0 Å². The summed E-state index contributed by atoms with van der Waals surface area (Å²) in [6.07, 6.45) is 3.42. The van der Waals surface area contributed by atoms with E-state index < -0.39 is 0 Å². The number of amides is 2. The molecule has 0 radical (unpaired) electrons. The highest BCUT2D eigenvalue weighted by atomic mass is 16.2. The number of nitrogens with two attached hydrogens (primary N) is 1. The van der Waals surface area contributed by atoms with Gasteiger partial charge in [0, 0.05) is 6.04 Å². The lowest BCUT2D eigenvalue weighted by Gasteiger charge is -2.34. The Bertz CT molecular complexity index is 286. The van der Waals surface area contributed by atoms with Crippen LogP contribution in [0, 0.1) is 10.8 Å². The molecule has 0 aromatic rings. The second-order valence-electron chi connectivity index (χ2n) is 4.57. The SMILES string of the molecule is NC1C2(CC2)C(=O)NC(=O)C12CC2. The van der Waals surface area contributed by atoms with Gasteiger partial charge in [0.15, 0.2) is 0 Å². The first-order chi connectivity index (χ1) is 6.12. The number of hydrogen-bond donors (Lipinski definition) is 2. The van der Waals surface area contributed by atoms with E-state index in [0.717, 1.165) is 25.7 Å². The lowest BCUT2D eigenvalue weighted by molar-refractivity contribution is -0.143. The standard InChI is InChI=1S/C9H12N2O2/c10-5-8(1-2-8)6(12)11-7(13)9(5)3-4-9/h5H,1-4,10H2,(H,11,12,13). The van der Waals surface area contributed by atoms with Gasteiger partial charge >= 0.3 is 0 Å². The fraction of sp³-hybridized carbons (Fsp3) is 0.778. The highest BCUT2D eigenvalue weighted by molar-refractivity contribution is 6.06. The molecule has 1 saturated heterocycles. The Morgan fingerprint density at radius 1 is 1.08 bits per heavy atom. The zero-order valence-corrected chi connectivity index (χ0v) is 7.30. The zero-order valence-electron chi connectivity index (χ0n) is 7.30. The van der Waals surface area contributed by atoms with Crippen molar-refractivity contribution >= 4 is 11.8 Å². The molecule has 3 rings (SSSR count). The summed E-state index contributed by atoms with van der Waals surface area (Å²) in [5.41, 5.74) is 5.27. The van der Waals surface area contributed by atoms with Crippen LogP contribution in [0.25, 0.3) is 0 Å². The zero-order chi connectivity index (χ0) is 9.27. The van der Waals surface area contributed by atoms with E-state index in [9.17, 15) is 9.59 Å². The first-order valence-electron chi connectivity index (χ1n) is 4.73. The van der Waals surface area contributed by atoms with Crippen LogP contribution in [-0.4, -0.2) is 17.9 Å². The van der Waals surface area contributed by atoms with Crippen molar-refractivity contribution in [2.24, 2.45) is 16.6 Å². The molecule has 0 bridgehead atoms. The normalized spacial score (nSPS) is 33.6. The molecule has 13 heavy (non-hydrogen) atoms. The molecule has 2 spiro atoms. The Balaban J connectivity index is 2.02. The largest absolute Gasteiger partial charge is 0.326 e.